The van der Waals surface area contributed by atoms with Gasteiger partial charge in [0.05, 0.1) is 6.61 Å². The Hall–Kier alpha value is -1.45. The molecule has 0 aliphatic rings. The number of hydrogen-bond acceptors (Lipinski definition) is 4. The summed E-state index contributed by atoms with van der Waals surface area (Å²) >= 11 is 0. The third kappa shape index (κ3) is 7.01. The average Bonchev–Trinajstić information content (AvgIpc) is 2.50. The van der Waals surface area contributed by atoms with Gasteiger partial charge in [-0.05, 0) is 19.3 Å². The molecule has 0 radical (unpaired) electrons. The lowest BCUT2D eigenvalue weighted by atomic mass is 10.2. The van der Waals surface area contributed by atoms with Crippen molar-refractivity contribution in [2.75, 3.05) is 30.3 Å². The quantitative estimate of drug-likeness (QED) is 0.572. The first-order valence-electron chi connectivity index (χ1n) is 8.86. The fourth-order valence-electron chi connectivity index (χ4n) is 2.56. The standard InChI is InChI=1S/C18H33N3O/c1-4-7-8-9-10-13-22-18-15-16(14-17(19)20-18)21(11-5-2)12-6-3/h14-15H,4-13H2,1-3H3,(H2,19,20). The minimum absolute atomic E-state index is 0.538. The van der Waals surface area contributed by atoms with Gasteiger partial charge in [-0.2, -0.15) is 4.98 Å². The molecule has 1 aromatic rings. The van der Waals surface area contributed by atoms with Crippen molar-refractivity contribution in [3.63, 3.8) is 0 Å². The maximum absolute atomic E-state index is 5.94. The molecule has 22 heavy (non-hydrogen) atoms. The monoisotopic (exact) mass is 307 g/mol. The van der Waals surface area contributed by atoms with E-state index in [9.17, 15) is 0 Å². The Morgan fingerprint density at radius 2 is 1.64 bits per heavy atom. The van der Waals surface area contributed by atoms with Crippen molar-refractivity contribution in [1.82, 2.24) is 4.98 Å². The summed E-state index contributed by atoms with van der Waals surface area (Å²) in [5, 5.41) is 0. The molecule has 0 fully saturated rings. The number of hydrogen-bond donors (Lipinski definition) is 1. The van der Waals surface area contributed by atoms with Crippen LogP contribution in [-0.2, 0) is 0 Å². The maximum Gasteiger partial charge on any atom is 0.217 e. The maximum atomic E-state index is 5.94. The molecule has 0 saturated carbocycles. The van der Waals surface area contributed by atoms with Gasteiger partial charge in [-0.3, -0.25) is 0 Å². The van der Waals surface area contributed by atoms with Crippen molar-refractivity contribution < 1.29 is 4.74 Å². The molecule has 0 bridgehead atoms. The normalized spacial score (nSPS) is 10.7. The van der Waals surface area contributed by atoms with Gasteiger partial charge in [-0.25, -0.2) is 0 Å². The highest BCUT2D eigenvalue weighted by atomic mass is 16.5. The van der Waals surface area contributed by atoms with Crippen molar-refractivity contribution in [2.24, 2.45) is 0 Å². The molecule has 126 valence electrons. The van der Waals surface area contributed by atoms with Crippen LogP contribution in [-0.4, -0.2) is 24.7 Å². The first-order chi connectivity index (χ1) is 10.7. The predicted molar refractivity (Wildman–Crippen MR) is 95.7 cm³/mol. The topological polar surface area (TPSA) is 51.4 Å². The van der Waals surface area contributed by atoms with Crippen molar-refractivity contribution in [1.29, 1.82) is 0 Å². The molecule has 0 aliphatic carbocycles. The van der Waals surface area contributed by atoms with Crippen LogP contribution in [0.3, 0.4) is 0 Å². The highest BCUT2D eigenvalue weighted by molar-refractivity contribution is 5.55. The Morgan fingerprint density at radius 3 is 2.27 bits per heavy atom. The summed E-state index contributed by atoms with van der Waals surface area (Å²) in [6.07, 6.45) is 8.41. The van der Waals surface area contributed by atoms with Gasteiger partial charge in [0.1, 0.15) is 5.82 Å². The Bertz CT molecular complexity index is 403. The van der Waals surface area contributed by atoms with Gasteiger partial charge in [-0.15, -0.1) is 0 Å². The molecule has 1 rings (SSSR count). The van der Waals surface area contributed by atoms with E-state index < -0.39 is 0 Å². The lowest BCUT2D eigenvalue weighted by Crippen LogP contribution is -2.25. The number of nitrogen functional groups attached to an aromatic ring is 1. The van der Waals surface area contributed by atoms with Crippen molar-refractivity contribution in [3.8, 4) is 5.88 Å². The molecule has 0 aromatic carbocycles. The van der Waals surface area contributed by atoms with Crippen LogP contribution < -0.4 is 15.4 Å². The number of nitrogens with two attached hydrogens (primary N) is 1. The van der Waals surface area contributed by atoms with Gasteiger partial charge in [0.25, 0.3) is 0 Å². The molecule has 1 aromatic heterocycles. The van der Waals surface area contributed by atoms with Crippen LogP contribution in [0, 0.1) is 0 Å². The zero-order chi connectivity index (χ0) is 16.2. The number of aromatic nitrogens is 1. The molecular weight excluding hydrogens is 274 g/mol. The molecule has 0 atom stereocenters. The van der Waals surface area contributed by atoms with E-state index in [1.165, 1.54) is 25.7 Å². The Kier molecular flexibility index (Phi) is 9.44. The Balaban J connectivity index is 2.56. The molecule has 0 unspecified atom stereocenters. The van der Waals surface area contributed by atoms with Crippen LogP contribution >= 0.6 is 0 Å². The number of nitrogens with zero attached hydrogens (tertiary/aromatic N) is 2. The summed E-state index contributed by atoms with van der Waals surface area (Å²) in [7, 11) is 0. The fourth-order valence-corrected chi connectivity index (χ4v) is 2.56. The summed E-state index contributed by atoms with van der Waals surface area (Å²) in [6, 6.07) is 3.97. The van der Waals surface area contributed by atoms with Crippen molar-refractivity contribution in [3.05, 3.63) is 12.1 Å². The summed E-state index contributed by atoms with van der Waals surface area (Å²) in [6.45, 7) is 9.41. The molecule has 0 amide bonds. The lowest BCUT2D eigenvalue weighted by Gasteiger charge is -2.24. The summed E-state index contributed by atoms with van der Waals surface area (Å²) in [5.41, 5.74) is 7.06. The van der Waals surface area contributed by atoms with E-state index in [-0.39, 0.29) is 0 Å². The second kappa shape index (κ2) is 11.2. The van der Waals surface area contributed by atoms with Crippen molar-refractivity contribution in [2.45, 2.75) is 65.7 Å². The highest BCUT2D eigenvalue weighted by Crippen LogP contribution is 2.23. The first-order valence-corrected chi connectivity index (χ1v) is 8.86. The highest BCUT2D eigenvalue weighted by Gasteiger charge is 2.08. The molecule has 4 heteroatoms. The van der Waals surface area contributed by atoms with Crippen LogP contribution in [0.25, 0.3) is 0 Å². The zero-order valence-corrected chi connectivity index (χ0v) is 14.6. The Morgan fingerprint density at radius 1 is 0.955 bits per heavy atom. The van der Waals surface area contributed by atoms with Gasteiger partial charge in [0.15, 0.2) is 0 Å². The molecule has 0 aliphatic heterocycles. The van der Waals surface area contributed by atoms with Gasteiger partial charge >= 0.3 is 0 Å². The minimum Gasteiger partial charge on any atom is -0.478 e. The summed E-state index contributed by atoms with van der Waals surface area (Å²) < 4.78 is 5.80. The summed E-state index contributed by atoms with van der Waals surface area (Å²) in [5.74, 6) is 1.19. The van der Waals surface area contributed by atoms with Crippen molar-refractivity contribution >= 4 is 11.5 Å². The van der Waals surface area contributed by atoms with E-state index in [1.54, 1.807) is 0 Å². The van der Waals surface area contributed by atoms with Gasteiger partial charge in [-0.1, -0.05) is 46.5 Å². The average molecular weight is 307 g/mol. The minimum atomic E-state index is 0.538. The third-order valence-corrected chi connectivity index (χ3v) is 3.66. The first kappa shape index (κ1) is 18.6. The number of anilines is 2. The molecule has 2 N–H and O–H groups in total. The second-order valence-corrected chi connectivity index (χ2v) is 5.84. The van der Waals surface area contributed by atoms with E-state index in [2.05, 4.69) is 30.7 Å². The van der Waals surface area contributed by atoms with Gasteiger partial charge in [0, 0.05) is 30.9 Å². The molecule has 0 saturated heterocycles. The summed E-state index contributed by atoms with van der Waals surface area (Å²) in [4.78, 5) is 6.65. The predicted octanol–water partition coefficient (Wildman–Crippen LogP) is 4.64. The van der Waals surface area contributed by atoms with Crippen LogP contribution in [0.4, 0.5) is 11.5 Å². The molecule has 0 spiro atoms. The van der Waals surface area contributed by atoms with E-state index in [0.717, 1.165) is 44.6 Å². The van der Waals surface area contributed by atoms with Crippen LogP contribution in [0.5, 0.6) is 5.88 Å². The van der Waals surface area contributed by atoms with Crippen LogP contribution in [0.1, 0.15) is 65.7 Å². The smallest absolute Gasteiger partial charge is 0.217 e. The fraction of sp³-hybridized carbons (Fsp3) is 0.722. The second-order valence-electron chi connectivity index (χ2n) is 5.84. The van der Waals surface area contributed by atoms with Gasteiger partial charge < -0.3 is 15.4 Å². The van der Waals surface area contributed by atoms with E-state index in [1.807, 2.05) is 12.1 Å². The van der Waals surface area contributed by atoms with Crippen LogP contribution in [0.15, 0.2) is 12.1 Å². The van der Waals surface area contributed by atoms with Crippen LogP contribution in [0.2, 0.25) is 0 Å². The molecular formula is C18H33N3O. The Labute approximate surface area is 136 Å². The number of rotatable bonds is 12. The molecule has 4 nitrogen and oxygen atoms in total. The number of unbranched alkanes of at least 4 members (excludes halogenated alkanes) is 4. The number of pyridine rings is 1. The van der Waals surface area contributed by atoms with E-state index in [0.29, 0.717) is 11.7 Å². The lowest BCUT2D eigenvalue weighted by molar-refractivity contribution is 0.294. The zero-order valence-electron chi connectivity index (χ0n) is 14.6. The number of ether oxygens (including phenoxy) is 1. The largest absolute Gasteiger partial charge is 0.478 e. The molecule has 1 heterocycles. The SMILES string of the molecule is CCCCCCCOc1cc(N(CCC)CCC)cc(N)n1. The van der Waals surface area contributed by atoms with Gasteiger partial charge in [0.2, 0.25) is 5.88 Å². The third-order valence-electron chi connectivity index (χ3n) is 3.66. The van der Waals surface area contributed by atoms with E-state index in [4.69, 9.17) is 10.5 Å². The van der Waals surface area contributed by atoms with E-state index >= 15 is 0 Å².